The molecular formula is C14H23N3OS. The Balaban J connectivity index is 1.72. The first-order valence-electron chi connectivity index (χ1n) is 7.05. The summed E-state index contributed by atoms with van der Waals surface area (Å²) in [7, 11) is 0. The Bertz CT molecular complexity index is 366. The number of hydrogen-bond donors (Lipinski definition) is 2. The average molecular weight is 281 g/mol. The van der Waals surface area contributed by atoms with Crippen molar-refractivity contribution in [1.82, 2.24) is 15.3 Å². The summed E-state index contributed by atoms with van der Waals surface area (Å²) in [4.78, 5) is 8.11. The average Bonchev–Trinajstić information content (AvgIpc) is 3.27. The SMILES string of the molecule is CCC(CO)(CCCSc1ccncn1)NC1CC1. The maximum atomic E-state index is 9.68. The minimum Gasteiger partial charge on any atom is -0.394 e. The van der Waals surface area contributed by atoms with E-state index in [4.69, 9.17) is 0 Å². The molecular weight excluding hydrogens is 258 g/mol. The minimum absolute atomic E-state index is 0.0760. The lowest BCUT2D eigenvalue weighted by Crippen LogP contribution is -2.49. The van der Waals surface area contributed by atoms with Gasteiger partial charge in [0.05, 0.1) is 11.6 Å². The van der Waals surface area contributed by atoms with Gasteiger partial charge in [-0.3, -0.25) is 0 Å². The van der Waals surface area contributed by atoms with E-state index in [9.17, 15) is 5.11 Å². The first-order chi connectivity index (χ1) is 9.28. The molecule has 106 valence electrons. The molecule has 1 heterocycles. The van der Waals surface area contributed by atoms with Crippen LogP contribution in [0.5, 0.6) is 0 Å². The highest BCUT2D eigenvalue weighted by Crippen LogP contribution is 2.27. The summed E-state index contributed by atoms with van der Waals surface area (Å²) >= 11 is 1.76. The highest BCUT2D eigenvalue weighted by molar-refractivity contribution is 7.99. The Hall–Kier alpha value is -0.650. The first-order valence-corrected chi connectivity index (χ1v) is 8.04. The van der Waals surface area contributed by atoms with Crippen molar-refractivity contribution in [2.24, 2.45) is 0 Å². The van der Waals surface area contributed by atoms with Gasteiger partial charge in [0.1, 0.15) is 6.33 Å². The van der Waals surface area contributed by atoms with Crippen molar-refractivity contribution in [3.05, 3.63) is 18.6 Å². The lowest BCUT2D eigenvalue weighted by atomic mass is 9.91. The second-order valence-electron chi connectivity index (χ2n) is 5.21. The summed E-state index contributed by atoms with van der Waals surface area (Å²) in [6.07, 6.45) is 8.97. The van der Waals surface area contributed by atoms with Crippen LogP contribution >= 0.6 is 11.8 Å². The van der Waals surface area contributed by atoms with Crippen LogP contribution in [0.15, 0.2) is 23.6 Å². The fourth-order valence-corrected chi connectivity index (χ4v) is 2.98. The maximum Gasteiger partial charge on any atom is 0.116 e. The molecule has 1 aromatic rings. The topological polar surface area (TPSA) is 58.0 Å². The minimum atomic E-state index is -0.0760. The van der Waals surface area contributed by atoms with Gasteiger partial charge in [-0.1, -0.05) is 6.92 Å². The van der Waals surface area contributed by atoms with Gasteiger partial charge in [0, 0.05) is 17.8 Å². The third-order valence-corrected chi connectivity index (χ3v) is 4.70. The molecule has 0 radical (unpaired) electrons. The normalized spacial score (nSPS) is 18.2. The Morgan fingerprint density at radius 2 is 2.37 bits per heavy atom. The number of nitrogens with one attached hydrogen (secondary N) is 1. The molecule has 5 heteroatoms. The van der Waals surface area contributed by atoms with Gasteiger partial charge in [0.25, 0.3) is 0 Å². The summed E-state index contributed by atoms with van der Waals surface area (Å²) in [5, 5.41) is 14.3. The molecule has 1 aromatic heterocycles. The Labute approximate surface area is 119 Å². The molecule has 0 bridgehead atoms. The Kier molecular flexibility index (Phi) is 5.60. The molecule has 1 unspecified atom stereocenters. The van der Waals surface area contributed by atoms with E-state index >= 15 is 0 Å². The fraction of sp³-hybridized carbons (Fsp3) is 0.714. The molecule has 1 aliphatic carbocycles. The van der Waals surface area contributed by atoms with Crippen LogP contribution in [-0.4, -0.2) is 39.0 Å². The van der Waals surface area contributed by atoms with Gasteiger partial charge < -0.3 is 10.4 Å². The lowest BCUT2D eigenvalue weighted by Gasteiger charge is -2.32. The molecule has 2 N–H and O–H groups in total. The zero-order valence-corrected chi connectivity index (χ0v) is 12.3. The molecule has 0 aliphatic heterocycles. The van der Waals surface area contributed by atoms with Gasteiger partial charge in [0.15, 0.2) is 0 Å². The van der Waals surface area contributed by atoms with Gasteiger partial charge in [-0.15, -0.1) is 11.8 Å². The zero-order valence-electron chi connectivity index (χ0n) is 11.5. The quantitative estimate of drug-likeness (QED) is 0.413. The highest BCUT2D eigenvalue weighted by Gasteiger charge is 2.33. The number of aliphatic hydroxyl groups excluding tert-OH is 1. The van der Waals surface area contributed by atoms with Crippen LogP contribution in [0.4, 0.5) is 0 Å². The van der Waals surface area contributed by atoms with Gasteiger partial charge in [-0.25, -0.2) is 9.97 Å². The third kappa shape index (κ3) is 4.75. The standard InChI is InChI=1S/C14H23N3OS/c1-2-14(10-18,17-12-4-5-12)7-3-9-19-13-6-8-15-11-16-13/h6,8,11-12,17-18H,2-5,7,9-10H2,1H3. The predicted molar refractivity (Wildman–Crippen MR) is 78.3 cm³/mol. The molecule has 1 aliphatic rings. The lowest BCUT2D eigenvalue weighted by molar-refractivity contribution is 0.144. The van der Waals surface area contributed by atoms with Crippen molar-refractivity contribution < 1.29 is 5.11 Å². The second kappa shape index (κ2) is 7.22. The van der Waals surface area contributed by atoms with E-state index in [1.54, 1.807) is 24.3 Å². The van der Waals surface area contributed by atoms with Crippen LogP contribution < -0.4 is 5.32 Å². The van der Waals surface area contributed by atoms with Crippen LogP contribution in [0.2, 0.25) is 0 Å². The number of rotatable bonds is 9. The van der Waals surface area contributed by atoms with E-state index in [0.717, 1.165) is 30.0 Å². The summed E-state index contributed by atoms with van der Waals surface area (Å²) < 4.78 is 0. The van der Waals surface area contributed by atoms with Crippen molar-refractivity contribution in [2.75, 3.05) is 12.4 Å². The van der Waals surface area contributed by atoms with Gasteiger partial charge in [-0.2, -0.15) is 0 Å². The van der Waals surface area contributed by atoms with Crippen molar-refractivity contribution in [3.8, 4) is 0 Å². The van der Waals surface area contributed by atoms with E-state index in [2.05, 4.69) is 22.2 Å². The largest absolute Gasteiger partial charge is 0.394 e. The summed E-state index contributed by atoms with van der Waals surface area (Å²) in [6.45, 7) is 2.39. The van der Waals surface area contributed by atoms with E-state index in [1.165, 1.54) is 12.8 Å². The van der Waals surface area contributed by atoms with Crippen LogP contribution in [0, 0.1) is 0 Å². The molecule has 0 saturated heterocycles. The van der Waals surface area contributed by atoms with E-state index in [-0.39, 0.29) is 12.1 Å². The second-order valence-corrected chi connectivity index (χ2v) is 6.33. The number of aliphatic hydroxyl groups is 1. The van der Waals surface area contributed by atoms with Crippen LogP contribution in [0.3, 0.4) is 0 Å². The van der Waals surface area contributed by atoms with Crippen molar-refractivity contribution >= 4 is 11.8 Å². The monoisotopic (exact) mass is 281 g/mol. The van der Waals surface area contributed by atoms with Gasteiger partial charge in [0.2, 0.25) is 0 Å². The Morgan fingerprint density at radius 1 is 1.53 bits per heavy atom. The highest BCUT2D eigenvalue weighted by atomic mass is 32.2. The molecule has 0 amide bonds. The predicted octanol–water partition coefficient (Wildman–Crippen LogP) is 2.24. The Morgan fingerprint density at radius 3 is 2.95 bits per heavy atom. The molecule has 1 saturated carbocycles. The molecule has 0 aromatic carbocycles. The molecule has 1 fully saturated rings. The summed E-state index contributed by atoms with van der Waals surface area (Å²) in [5.41, 5.74) is -0.0760. The summed E-state index contributed by atoms with van der Waals surface area (Å²) in [6, 6.07) is 2.58. The maximum absolute atomic E-state index is 9.68. The number of aromatic nitrogens is 2. The van der Waals surface area contributed by atoms with E-state index < -0.39 is 0 Å². The fourth-order valence-electron chi connectivity index (χ4n) is 2.20. The van der Waals surface area contributed by atoms with Crippen molar-refractivity contribution in [1.29, 1.82) is 0 Å². The molecule has 4 nitrogen and oxygen atoms in total. The number of thioether (sulfide) groups is 1. The van der Waals surface area contributed by atoms with Crippen LogP contribution in [0.25, 0.3) is 0 Å². The number of hydrogen-bond acceptors (Lipinski definition) is 5. The molecule has 2 rings (SSSR count). The van der Waals surface area contributed by atoms with Gasteiger partial charge >= 0.3 is 0 Å². The smallest absolute Gasteiger partial charge is 0.116 e. The number of nitrogens with zero attached hydrogens (tertiary/aromatic N) is 2. The van der Waals surface area contributed by atoms with Crippen LogP contribution in [0.1, 0.15) is 39.0 Å². The first kappa shape index (κ1) is 14.8. The van der Waals surface area contributed by atoms with E-state index in [1.807, 2.05) is 6.07 Å². The van der Waals surface area contributed by atoms with Gasteiger partial charge in [-0.05, 0) is 43.9 Å². The summed E-state index contributed by atoms with van der Waals surface area (Å²) in [5.74, 6) is 1.03. The third-order valence-electron chi connectivity index (χ3n) is 3.67. The van der Waals surface area contributed by atoms with Crippen molar-refractivity contribution in [3.63, 3.8) is 0 Å². The molecule has 1 atom stereocenters. The van der Waals surface area contributed by atoms with Crippen molar-refractivity contribution in [2.45, 2.75) is 55.6 Å². The molecule has 0 spiro atoms. The van der Waals surface area contributed by atoms with E-state index in [0.29, 0.717) is 6.04 Å². The zero-order chi connectivity index (χ0) is 13.6. The molecule has 19 heavy (non-hydrogen) atoms. The van der Waals surface area contributed by atoms with Crippen LogP contribution in [-0.2, 0) is 0 Å².